The van der Waals surface area contributed by atoms with E-state index in [2.05, 4.69) is 18.7 Å². The summed E-state index contributed by atoms with van der Waals surface area (Å²) in [4.78, 5) is 2.45. The minimum absolute atomic E-state index is 0.316. The topological polar surface area (TPSA) is 12.5 Å². The van der Waals surface area contributed by atoms with Crippen LogP contribution in [0.5, 0.6) is 0 Å². The van der Waals surface area contributed by atoms with Crippen LogP contribution in [-0.2, 0) is 4.74 Å². The van der Waals surface area contributed by atoms with Crippen LogP contribution in [0.1, 0.15) is 20.3 Å². The molecule has 0 amide bonds. The summed E-state index contributed by atoms with van der Waals surface area (Å²) in [6.07, 6.45) is 1.59. The van der Waals surface area contributed by atoms with Gasteiger partial charge in [-0.05, 0) is 25.8 Å². The molecule has 1 fully saturated rings. The summed E-state index contributed by atoms with van der Waals surface area (Å²) in [7, 11) is 1.76. The average Bonchev–Trinajstić information content (AvgIpc) is 2.46. The van der Waals surface area contributed by atoms with E-state index in [1.807, 2.05) is 0 Å². The van der Waals surface area contributed by atoms with E-state index in [-0.39, 0.29) is 0 Å². The zero-order chi connectivity index (χ0) is 9.84. The number of alkyl halides is 1. The van der Waals surface area contributed by atoms with Crippen molar-refractivity contribution in [2.24, 2.45) is 5.92 Å². The SMILES string of the molecule is COC(C)CN1CCC(C)C1CCl. The van der Waals surface area contributed by atoms with Crippen molar-refractivity contribution < 1.29 is 4.74 Å². The van der Waals surface area contributed by atoms with E-state index in [1.54, 1.807) is 7.11 Å². The van der Waals surface area contributed by atoms with Gasteiger partial charge in [-0.3, -0.25) is 4.90 Å². The van der Waals surface area contributed by atoms with Crippen LogP contribution in [0.3, 0.4) is 0 Å². The summed E-state index contributed by atoms with van der Waals surface area (Å²) in [6.45, 7) is 6.57. The number of ether oxygens (including phenoxy) is 1. The minimum Gasteiger partial charge on any atom is -0.380 e. The molecular weight excluding hydrogens is 186 g/mol. The van der Waals surface area contributed by atoms with Crippen molar-refractivity contribution in [1.29, 1.82) is 0 Å². The molecule has 13 heavy (non-hydrogen) atoms. The third-order valence-electron chi connectivity index (χ3n) is 3.05. The molecule has 0 spiro atoms. The molecule has 3 atom stereocenters. The highest BCUT2D eigenvalue weighted by Gasteiger charge is 2.30. The van der Waals surface area contributed by atoms with E-state index in [1.165, 1.54) is 13.0 Å². The largest absolute Gasteiger partial charge is 0.380 e. The molecule has 3 unspecified atom stereocenters. The molecule has 1 saturated heterocycles. The highest BCUT2D eigenvalue weighted by atomic mass is 35.5. The second-order valence-corrected chi connectivity index (χ2v) is 4.34. The maximum Gasteiger partial charge on any atom is 0.0670 e. The van der Waals surface area contributed by atoms with E-state index in [9.17, 15) is 0 Å². The Morgan fingerprint density at radius 1 is 1.62 bits per heavy atom. The van der Waals surface area contributed by atoms with Crippen LogP contribution in [0.4, 0.5) is 0 Å². The fourth-order valence-electron chi connectivity index (χ4n) is 1.97. The van der Waals surface area contributed by atoms with Gasteiger partial charge >= 0.3 is 0 Å². The number of rotatable bonds is 4. The molecule has 1 aliphatic heterocycles. The molecule has 0 N–H and O–H groups in total. The van der Waals surface area contributed by atoms with Crippen molar-refractivity contribution >= 4 is 11.6 Å². The van der Waals surface area contributed by atoms with Gasteiger partial charge in [0.25, 0.3) is 0 Å². The van der Waals surface area contributed by atoms with Crippen molar-refractivity contribution in [2.75, 3.05) is 26.1 Å². The molecule has 0 bridgehead atoms. The number of nitrogens with zero attached hydrogens (tertiary/aromatic N) is 1. The van der Waals surface area contributed by atoms with Gasteiger partial charge in [-0.15, -0.1) is 11.6 Å². The van der Waals surface area contributed by atoms with Crippen LogP contribution in [0, 0.1) is 5.92 Å². The standard InChI is InChI=1S/C10H20ClNO/c1-8-4-5-12(10(8)6-11)7-9(2)13-3/h8-10H,4-7H2,1-3H3. The molecule has 0 aromatic rings. The Kier molecular flexibility index (Phi) is 4.50. The molecule has 0 radical (unpaired) electrons. The summed E-state index contributed by atoms with van der Waals surface area (Å²) in [5, 5.41) is 0. The Morgan fingerprint density at radius 2 is 2.31 bits per heavy atom. The fourth-order valence-corrected chi connectivity index (χ4v) is 2.47. The monoisotopic (exact) mass is 205 g/mol. The third-order valence-corrected chi connectivity index (χ3v) is 3.37. The number of hydrogen-bond donors (Lipinski definition) is 0. The first-order chi connectivity index (χ1) is 6.19. The molecular formula is C10H20ClNO. The molecule has 1 rings (SSSR count). The maximum absolute atomic E-state index is 5.94. The lowest BCUT2D eigenvalue weighted by atomic mass is 10.1. The third kappa shape index (κ3) is 2.83. The van der Waals surface area contributed by atoms with E-state index in [4.69, 9.17) is 16.3 Å². The smallest absolute Gasteiger partial charge is 0.0670 e. The lowest BCUT2D eigenvalue weighted by Crippen LogP contribution is -2.38. The maximum atomic E-state index is 5.94. The van der Waals surface area contributed by atoms with E-state index in [0.717, 1.165) is 18.3 Å². The van der Waals surface area contributed by atoms with Crippen molar-refractivity contribution in [3.8, 4) is 0 Å². The van der Waals surface area contributed by atoms with Gasteiger partial charge in [-0.2, -0.15) is 0 Å². The number of hydrogen-bond acceptors (Lipinski definition) is 2. The molecule has 0 saturated carbocycles. The molecule has 0 aromatic carbocycles. The molecule has 2 nitrogen and oxygen atoms in total. The first-order valence-corrected chi connectivity index (χ1v) is 5.55. The second kappa shape index (κ2) is 5.18. The molecule has 0 aromatic heterocycles. The van der Waals surface area contributed by atoms with E-state index >= 15 is 0 Å². The highest BCUT2D eigenvalue weighted by molar-refractivity contribution is 6.18. The Hall–Kier alpha value is 0.210. The Bertz CT molecular complexity index is 154. The van der Waals surface area contributed by atoms with Crippen LogP contribution in [-0.4, -0.2) is 43.1 Å². The molecule has 78 valence electrons. The predicted molar refractivity (Wildman–Crippen MR) is 56.3 cm³/mol. The molecule has 0 aliphatic carbocycles. The minimum atomic E-state index is 0.316. The van der Waals surface area contributed by atoms with Crippen LogP contribution in [0.2, 0.25) is 0 Å². The highest BCUT2D eigenvalue weighted by Crippen LogP contribution is 2.24. The molecule has 1 aliphatic rings. The predicted octanol–water partition coefficient (Wildman–Crippen LogP) is 1.97. The number of halogens is 1. The van der Waals surface area contributed by atoms with Crippen LogP contribution in [0.15, 0.2) is 0 Å². The summed E-state index contributed by atoms with van der Waals surface area (Å²) < 4.78 is 5.26. The molecule has 3 heteroatoms. The van der Waals surface area contributed by atoms with Gasteiger partial charge in [0.1, 0.15) is 0 Å². The zero-order valence-electron chi connectivity index (χ0n) is 8.79. The van der Waals surface area contributed by atoms with Gasteiger partial charge in [0.2, 0.25) is 0 Å². The second-order valence-electron chi connectivity index (χ2n) is 4.03. The van der Waals surface area contributed by atoms with Crippen molar-refractivity contribution in [1.82, 2.24) is 4.90 Å². The fraction of sp³-hybridized carbons (Fsp3) is 1.00. The molecule has 1 heterocycles. The summed E-state index contributed by atoms with van der Waals surface area (Å²) in [6, 6.07) is 0.555. The van der Waals surface area contributed by atoms with Gasteiger partial charge in [0.15, 0.2) is 0 Å². The van der Waals surface area contributed by atoms with Crippen LogP contribution in [0.25, 0.3) is 0 Å². The zero-order valence-corrected chi connectivity index (χ0v) is 9.55. The van der Waals surface area contributed by atoms with Crippen molar-refractivity contribution in [3.05, 3.63) is 0 Å². The average molecular weight is 206 g/mol. The first kappa shape index (κ1) is 11.3. The number of likely N-dealkylation sites (tertiary alicyclic amines) is 1. The summed E-state index contributed by atoms with van der Waals surface area (Å²) >= 11 is 5.94. The lowest BCUT2D eigenvalue weighted by molar-refractivity contribution is 0.0727. The van der Waals surface area contributed by atoms with Crippen LogP contribution < -0.4 is 0 Å². The Balaban J connectivity index is 2.41. The van der Waals surface area contributed by atoms with Gasteiger partial charge < -0.3 is 4.74 Å². The van der Waals surface area contributed by atoms with Gasteiger partial charge in [-0.1, -0.05) is 6.92 Å². The Morgan fingerprint density at radius 3 is 2.85 bits per heavy atom. The van der Waals surface area contributed by atoms with E-state index in [0.29, 0.717) is 12.1 Å². The van der Waals surface area contributed by atoms with Gasteiger partial charge in [-0.25, -0.2) is 0 Å². The number of methoxy groups -OCH3 is 1. The lowest BCUT2D eigenvalue weighted by Gasteiger charge is -2.27. The summed E-state index contributed by atoms with van der Waals surface area (Å²) in [5.74, 6) is 1.49. The van der Waals surface area contributed by atoms with E-state index < -0.39 is 0 Å². The normalized spacial score (nSPS) is 32.3. The Labute approximate surface area is 86.2 Å². The van der Waals surface area contributed by atoms with Gasteiger partial charge in [0, 0.05) is 25.6 Å². The summed E-state index contributed by atoms with van der Waals surface area (Å²) in [5.41, 5.74) is 0. The van der Waals surface area contributed by atoms with Crippen molar-refractivity contribution in [2.45, 2.75) is 32.4 Å². The van der Waals surface area contributed by atoms with Crippen LogP contribution >= 0.6 is 11.6 Å². The quantitative estimate of drug-likeness (QED) is 0.651. The van der Waals surface area contributed by atoms with Crippen molar-refractivity contribution in [3.63, 3.8) is 0 Å². The van der Waals surface area contributed by atoms with Gasteiger partial charge in [0.05, 0.1) is 6.10 Å². The first-order valence-electron chi connectivity index (χ1n) is 5.01.